The maximum Gasteiger partial charge on any atom is 0.240 e. The molecule has 0 radical (unpaired) electrons. The number of hydrazone groups is 1. The third-order valence-corrected chi connectivity index (χ3v) is 4.66. The fourth-order valence-electron chi connectivity index (χ4n) is 3.06. The summed E-state index contributed by atoms with van der Waals surface area (Å²) in [7, 11) is 0. The highest BCUT2D eigenvalue weighted by Gasteiger charge is 1.99. The normalized spacial score (nSPS) is 11.9. The quantitative estimate of drug-likeness (QED) is 0.204. The van der Waals surface area contributed by atoms with Gasteiger partial charge in [0.05, 0.1) is 6.21 Å². The van der Waals surface area contributed by atoms with E-state index in [9.17, 15) is 4.79 Å². The number of hydrogen-bond donors (Lipinski definition) is 1. The maximum atomic E-state index is 11.8. The Hall–Kier alpha value is -1.90. The molecule has 0 spiro atoms. The Morgan fingerprint density at radius 3 is 2.04 bits per heavy atom. The first kappa shape index (κ1) is 23.1. The molecule has 0 saturated carbocycles. The average molecular weight is 371 g/mol. The Morgan fingerprint density at radius 1 is 0.889 bits per heavy atom. The molecule has 1 amide bonds. The average Bonchev–Trinajstić information content (AvgIpc) is 2.67. The van der Waals surface area contributed by atoms with Gasteiger partial charge in [0.1, 0.15) is 0 Å². The molecule has 1 rings (SSSR count). The largest absolute Gasteiger partial charge is 0.273 e. The molecule has 0 aliphatic rings. The molecule has 0 heterocycles. The lowest BCUT2D eigenvalue weighted by Crippen LogP contribution is -2.16. The van der Waals surface area contributed by atoms with E-state index >= 15 is 0 Å². The van der Waals surface area contributed by atoms with Crippen molar-refractivity contribution in [2.45, 2.75) is 90.9 Å². The van der Waals surface area contributed by atoms with Gasteiger partial charge in [-0.3, -0.25) is 4.79 Å². The van der Waals surface area contributed by atoms with Gasteiger partial charge < -0.3 is 0 Å². The van der Waals surface area contributed by atoms with E-state index in [1.54, 1.807) is 6.21 Å². The van der Waals surface area contributed by atoms with Gasteiger partial charge in [-0.1, -0.05) is 108 Å². The summed E-state index contributed by atoms with van der Waals surface area (Å²) in [5.41, 5.74) is 4.77. The van der Waals surface area contributed by atoms with Crippen LogP contribution in [0.25, 0.3) is 6.08 Å². The number of benzene rings is 1. The molecule has 0 bridgehead atoms. The highest BCUT2D eigenvalue weighted by Crippen LogP contribution is 2.11. The molecule has 3 heteroatoms. The zero-order chi connectivity index (χ0) is 19.6. The van der Waals surface area contributed by atoms with Gasteiger partial charge in [-0.25, -0.2) is 5.43 Å². The topological polar surface area (TPSA) is 41.5 Å². The van der Waals surface area contributed by atoms with Gasteiger partial charge in [-0.2, -0.15) is 5.10 Å². The van der Waals surface area contributed by atoms with Gasteiger partial charge in [0.15, 0.2) is 0 Å². The Bertz CT molecular complexity index is 549. The maximum absolute atomic E-state index is 11.8. The molecule has 1 aromatic rings. The molecule has 3 nitrogen and oxygen atoms in total. The van der Waals surface area contributed by atoms with Gasteiger partial charge in [-0.15, -0.1) is 0 Å². The number of rotatable bonds is 15. The molecule has 1 N–H and O–H groups in total. The summed E-state index contributed by atoms with van der Waals surface area (Å²) in [5.74, 6) is 0.00897. The number of amides is 1. The molecule has 0 saturated heterocycles. The van der Waals surface area contributed by atoms with E-state index in [2.05, 4.69) is 17.5 Å². The second-order valence-corrected chi connectivity index (χ2v) is 7.38. The van der Waals surface area contributed by atoms with Crippen molar-refractivity contribution < 1.29 is 4.79 Å². The molecular weight excluding hydrogens is 332 g/mol. The summed E-state index contributed by atoms with van der Waals surface area (Å²) in [6.07, 6.45) is 18.5. The van der Waals surface area contributed by atoms with Crippen LogP contribution in [0.1, 0.15) is 96.5 Å². The van der Waals surface area contributed by atoms with Gasteiger partial charge in [0.2, 0.25) is 5.91 Å². The molecule has 1 aromatic carbocycles. The van der Waals surface area contributed by atoms with Crippen LogP contribution in [0.5, 0.6) is 0 Å². The Labute approximate surface area is 166 Å². The van der Waals surface area contributed by atoms with Crippen molar-refractivity contribution in [1.82, 2.24) is 5.43 Å². The Kier molecular flexibility index (Phi) is 14.0. The van der Waals surface area contributed by atoms with Crippen molar-refractivity contribution in [2.75, 3.05) is 0 Å². The summed E-state index contributed by atoms with van der Waals surface area (Å²) in [6, 6.07) is 10.1. The van der Waals surface area contributed by atoms with Crippen LogP contribution >= 0.6 is 0 Å². The molecule has 0 aromatic heterocycles. The summed E-state index contributed by atoms with van der Waals surface area (Å²) >= 11 is 0. The summed E-state index contributed by atoms with van der Waals surface area (Å²) in [4.78, 5) is 11.8. The lowest BCUT2D eigenvalue weighted by Gasteiger charge is -2.02. The van der Waals surface area contributed by atoms with Gasteiger partial charge in [0.25, 0.3) is 0 Å². The van der Waals surface area contributed by atoms with E-state index < -0.39 is 0 Å². The van der Waals surface area contributed by atoms with Crippen LogP contribution in [0, 0.1) is 0 Å². The summed E-state index contributed by atoms with van der Waals surface area (Å²) in [5, 5.41) is 4.04. The SMILES string of the molecule is CCCCCCCCCCCCCC(=O)N/N=C\C(C)=C/c1ccccc1. The predicted octanol–water partition coefficient (Wildman–Crippen LogP) is 6.89. The molecule has 27 heavy (non-hydrogen) atoms. The van der Waals surface area contributed by atoms with Crippen LogP contribution in [0.4, 0.5) is 0 Å². The summed E-state index contributed by atoms with van der Waals surface area (Å²) < 4.78 is 0. The Balaban J connectivity index is 1.99. The molecule has 0 aliphatic heterocycles. The Morgan fingerprint density at radius 2 is 1.44 bits per heavy atom. The van der Waals surface area contributed by atoms with E-state index in [1.807, 2.05) is 43.3 Å². The first-order chi connectivity index (χ1) is 13.2. The second kappa shape index (κ2) is 16.3. The highest BCUT2D eigenvalue weighted by atomic mass is 16.2. The van der Waals surface area contributed by atoms with E-state index in [1.165, 1.54) is 57.8 Å². The van der Waals surface area contributed by atoms with E-state index in [0.29, 0.717) is 6.42 Å². The minimum Gasteiger partial charge on any atom is -0.273 e. The minimum atomic E-state index is 0.00897. The van der Waals surface area contributed by atoms with Gasteiger partial charge >= 0.3 is 0 Å². The number of carbonyl (C=O) groups excluding carboxylic acids is 1. The van der Waals surface area contributed by atoms with Crippen LogP contribution < -0.4 is 5.43 Å². The minimum absolute atomic E-state index is 0.00897. The molecular formula is C24H38N2O. The fourth-order valence-corrected chi connectivity index (χ4v) is 3.06. The smallest absolute Gasteiger partial charge is 0.240 e. The van der Waals surface area contributed by atoms with E-state index in [0.717, 1.165) is 24.0 Å². The lowest BCUT2D eigenvalue weighted by atomic mass is 10.1. The van der Waals surface area contributed by atoms with Crippen LogP contribution in [0.3, 0.4) is 0 Å². The zero-order valence-electron chi connectivity index (χ0n) is 17.4. The van der Waals surface area contributed by atoms with Crippen molar-refractivity contribution >= 4 is 18.2 Å². The predicted molar refractivity (Wildman–Crippen MR) is 118 cm³/mol. The first-order valence-electron chi connectivity index (χ1n) is 10.8. The number of unbranched alkanes of at least 4 members (excludes halogenated alkanes) is 10. The third kappa shape index (κ3) is 13.9. The van der Waals surface area contributed by atoms with Crippen molar-refractivity contribution in [3.8, 4) is 0 Å². The highest BCUT2D eigenvalue weighted by molar-refractivity contribution is 5.86. The number of hydrogen-bond acceptors (Lipinski definition) is 2. The molecule has 0 atom stereocenters. The summed E-state index contributed by atoms with van der Waals surface area (Å²) in [6.45, 7) is 4.24. The number of nitrogens with zero attached hydrogens (tertiary/aromatic N) is 1. The van der Waals surface area contributed by atoms with Crippen LogP contribution in [-0.4, -0.2) is 12.1 Å². The fraction of sp³-hybridized carbons (Fsp3) is 0.583. The van der Waals surface area contributed by atoms with Crippen LogP contribution in [-0.2, 0) is 4.79 Å². The van der Waals surface area contributed by atoms with Crippen LogP contribution in [0.2, 0.25) is 0 Å². The van der Waals surface area contributed by atoms with Gasteiger partial charge in [0, 0.05) is 6.42 Å². The van der Waals surface area contributed by atoms with Crippen molar-refractivity contribution in [3.05, 3.63) is 41.5 Å². The number of nitrogens with one attached hydrogen (secondary N) is 1. The molecule has 0 unspecified atom stereocenters. The van der Waals surface area contributed by atoms with Crippen LogP contribution in [0.15, 0.2) is 41.0 Å². The molecule has 0 aliphatic carbocycles. The second-order valence-electron chi connectivity index (χ2n) is 7.38. The van der Waals surface area contributed by atoms with Crippen molar-refractivity contribution in [3.63, 3.8) is 0 Å². The van der Waals surface area contributed by atoms with Crippen molar-refractivity contribution in [1.29, 1.82) is 0 Å². The van der Waals surface area contributed by atoms with E-state index in [4.69, 9.17) is 0 Å². The number of carbonyl (C=O) groups is 1. The number of allylic oxidation sites excluding steroid dienone is 1. The van der Waals surface area contributed by atoms with Crippen molar-refractivity contribution in [2.24, 2.45) is 5.10 Å². The standard InChI is InChI=1S/C24H38N2O/c1-3-4-5-6-7-8-9-10-11-12-16-19-24(27)26-25-21-22(2)20-23-17-14-13-15-18-23/h13-15,17-18,20-21H,3-12,16,19H2,1-2H3,(H,26,27)/b22-20-,25-21-. The van der Waals surface area contributed by atoms with E-state index in [-0.39, 0.29) is 5.91 Å². The monoisotopic (exact) mass is 370 g/mol. The molecule has 0 fully saturated rings. The lowest BCUT2D eigenvalue weighted by molar-refractivity contribution is -0.121. The van der Waals surface area contributed by atoms with Gasteiger partial charge in [-0.05, 0) is 24.5 Å². The zero-order valence-corrected chi connectivity index (χ0v) is 17.4. The first-order valence-corrected chi connectivity index (χ1v) is 10.8. The molecule has 150 valence electrons. The third-order valence-electron chi connectivity index (χ3n) is 4.66.